The molecule has 0 amide bonds. The van der Waals surface area contributed by atoms with Crippen molar-refractivity contribution in [2.45, 2.75) is 25.4 Å². The lowest BCUT2D eigenvalue weighted by Crippen LogP contribution is -2.45. The van der Waals surface area contributed by atoms with Gasteiger partial charge in [0.1, 0.15) is 11.5 Å². The molecule has 6 nitrogen and oxygen atoms in total. The highest BCUT2D eigenvalue weighted by Gasteiger charge is 2.40. The van der Waals surface area contributed by atoms with Crippen molar-refractivity contribution < 1.29 is 0 Å². The SMILES string of the molecule is Cc1nc(N2C[C@@H]3C[C@H]2CN3)n2nc(-c3ccccc3Cl)c(-c3ccc(Cl)cc3)c2n1. The average Bonchev–Trinajstić information content (AvgIpc) is 3.48. The topological polar surface area (TPSA) is 58.4 Å². The first kappa shape index (κ1) is 19.0. The van der Waals surface area contributed by atoms with Crippen molar-refractivity contribution in [1.82, 2.24) is 24.9 Å². The van der Waals surface area contributed by atoms with Gasteiger partial charge in [-0.1, -0.05) is 53.5 Å². The molecule has 2 aromatic carbocycles. The maximum atomic E-state index is 6.60. The van der Waals surface area contributed by atoms with Crippen molar-refractivity contribution in [3.05, 3.63) is 64.4 Å². The van der Waals surface area contributed by atoms with Crippen LogP contribution in [0.2, 0.25) is 10.0 Å². The lowest BCUT2D eigenvalue weighted by atomic mass is 10.0. The Morgan fingerprint density at radius 2 is 1.84 bits per heavy atom. The molecule has 2 bridgehead atoms. The van der Waals surface area contributed by atoms with Crippen LogP contribution >= 0.6 is 23.2 Å². The van der Waals surface area contributed by atoms with Crippen LogP contribution in [-0.2, 0) is 0 Å². The minimum absolute atomic E-state index is 0.425. The molecule has 2 aliphatic heterocycles. The molecule has 8 heteroatoms. The Bertz CT molecular complexity index is 1300. The molecule has 2 aromatic heterocycles. The van der Waals surface area contributed by atoms with Gasteiger partial charge in [0.05, 0.1) is 10.6 Å². The van der Waals surface area contributed by atoms with Gasteiger partial charge in [-0.15, -0.1) is 0 Å². The van der Waals surface area contributed by atoms with Gasteiger partial charge in [0.15, 0.2) is 5.65 Å². The Balaban J connectivity index is 1.65. The molecule has 156 valence electrons. The number of nitrogens with one attached hydrogen (secondary N) is 1. The van der Waals surface area contributed by atoms with Crippen LogP contribution < -0.4 is 10.2 Å². The third-order valence-corrected chi connectivity index (χ3v) is 6.74. The number of benzene rings is 2. The first-order valence-corrected chi connectivity index (χ1v) is 11.1. The van der Waals surface area contributed by atoms with E-state index in [4.69, 9.17) is 38.3 Å². The van der Waals surface area contributed by atoms with E-state index < -0.39 is 0 Å². The fourth-order valence-electron chi connectivity index (χ4n) is 4.74. The third kappa shape index (κ3) is 3.09. The van der Waals surface area contributed by atoms with E-state index in [1.54, 1.807) is 0 Å². The Labute approximate surface area is 189 Å². The van der Waals surface area contributed by atoms with Gasteiger partial charge in [-0.3, -0.25) is 0 Å². The highest BCUT2D eigenvalue weighted by atomic mass is 35.5. The first-order valence-electron chi connectivity index (χ1n) is 10.4. The molecule has 1 N–H and O–H groups in total. The zero-order chi connectivity index (χ0) is 21.1. The van der Waals surface area contributed by atoms with E-state index in [1.807, 2.05) is 60.0 Å². The molecule has 0 spiro atoms. The van der Waals surface area contributed by atoms with Gasteiger partial charge in [0.25, 0.3) is 0 Å². The van der Waals surface area contributed by atoms with E-state index in [0.29, 0.717) is 22.1 Å². The van der Waals surface area contributed by atoms with Crippen molar-refractivity contribution in [2.24, 2.45) is 0 Å². The van der Waals surface area contributed by atoms with Crippen LogP contribution in [0.1, 0.15) is 12.2 Å². The van der Waals surface area contributed by atoms with Crippen LogP contribution in [0.25, 0.3) is 28.0 Å². The second kappa shape index (κ2) is 7.19. The molecule has 0 aliphatic carbocycles. The van der Waals surface area contributed by atoms with Gasteiger partial charge >= 0.3 is 0 Å². The number of rotatable bonds is 3. The van der Waals surface area contributed by atoms with Crippen molar-refractivity contribution >= 4 is 34.8 Å². The van der Waals surface area contributed by atoms with E-state index in [2.05, 4.69) is 10.2 Å². The molecule has 2 fully saturated rings. The summed E-state index contributed by atoms with van der Waals surface area (Å²) in [6.07, 6.45) is 1.13. The molecule has 4 aromatic rings. The smallest absolute Gasteiger partial charge is 0.230 e. The number of fused-ring (bicyclic) bond motifs is 3. The zero-order valence-corrected chi connectivity index (χ0v) is 18.4. The predicted octanol–water partition coefficient (Wildman–Crippen LogP) is 4.62. The molecule has 2 atom stereocenters. The minimum Gasteiger partial charge on any atom is -0.335 e. The maximum Gasteiger partial charge on any atom is 0.230 e. The summed E-state index contributed by atoms with van der Waals surface area (Å²) in [5, 5.41) is 9.92. The molecule has 2 aliphatic rings. The van der Waals surface area contributed by atoms with Crippen LogP contribution in [0.3, 0.4) is 0 Å². The van der Waals surface area contributed by atoms with Crippen molar-refractivity contribution in [3.63, 3.8) is 0 Å². The Morgan fingerprint density at radius 1 is 1.03 bits per heavy atom. The summed E-state index contributed by atoms with van der Waals surface area (Å²) < 4.78 is 1.89. The summed E-state index contributed by atoms with van der Waals surface area (Å²) in [5.41, 5.74) is 4.35. The van der Waals surface area contributed by atoms with Gasteiger partial charge in [0, 0.05) is 35.8 Å². The largest absolute Gasteiger partial charge is 0.335 e. The van der Waals surface area contributed by atoms with Crippen molar-refractivity contribution in [1.29, 1.82) is 0 Å². The van der Waals surface area contributed by atoms with Crippen LogP contribution in [0.5, 0.6) is 0 Å². The van der Waals surface area contributed by atoms with Gasteiger partial charge in [-0.05, 0) is 37.1 Å². The number of aromatic nitrogens is 4. The Morgan fingerprint density at radius 3 is 2.55 bits per heavy atom. The number of nitrogens with zero attached hydrogens (tertiary/aromatic N) is 5. The molecule has 2 saturated heterocycles. The average molecular weight is 451 g/mol. The molecule has 0 radical (unpaired) electrons. The summed E-state index contributed by atoms with van der Waals surface area (Å²) in [6.45, 7) is 3.83. The number of hydrogen-bond donors (Lipinski definition) is 1. The standard InChI is InChI=1S/C23H20Cl2N6/c1-13-27-22-20(14-6-8-15(24)9-7-14)21(18-4-2-3-5-19(18)25)29-31(22)23(28-13)30-12-16-10-17(30)11-26-16/h2-9,16-17,26H,10-12H2,1H3/t16-,17-/m0/s1. The lowest BCUT2D eigenvalue weighted by Gasteiger charge is -2.28. The van der Waals surface area contributed by atoms with Gasteiger partial charge < -0.3 is 10.2 Å². The van der Waals surface area contributed by atoms with Crippen LogP contribution in [0.15, 0.2) is 48.5 Å². The second-order valence-corrected chi connectivity index (χ2v) is 9.01. The van der Waals surface area contributed by atoms with E-state index in [0.717, 1.165) is 59.3 Å². The molecular formula is C23H20Cl2N6. The molecule has 4 heterocycles. The van der Waals surface area contributed by atoms with E-state index in [-0.39, 0.29) is 0 Å². The minimum atomic E-state index is 0.425. The fourth-order valence-corrected chi connectivity index (χ4v) is 5.09. The lowest BCUT2D eigenvalue weighted by molar-refractivity contribution is 0.565. The number of hydrogen-bond acceptors (Lipinski definition) is 5. The first-order chi connectivity index (χ1) is 15.1. The number of anilines is 1. The quantitative estimate of drug-likeness (QED) is 0.493. The predicted molar refractivity (Wildman–Crippen MR) is 124 cm³/mol. The number of piperazine rings is 1. The second-order valence-electron chi connectivity index (χ2n) is 8.16. The summed E-state index contributed by atoms with van der Waals surface area (Å²) in [7, 11) is 0. The molecule has 6 rings (SSSR count). The van der Waals surface area contributed by atoms with Crippen LogP contribution in [0, 0.1) is 6.92 Å². The van der Waals surface area contributed by atoms with Crippen molar-refractivity contribution in [2.75, 3.05) is 18.0 Å². The molecule has 0 saturated carbocycles. The summed E-state index contributed by atoms with van der Waals surface area (Å²) in [4.78, 5) is 12.0. The van der Waals surface area contributed by atoms with Gasteiger partial charge in [0.2, 0.25) is 5.95 Å². The van der Waals surface area contributed by atoms with Gasteiger partial charge in [-0.2, -0.15) is 14.6 Å². The third-order valence-electron chi connectivity index (χ3n) is 6.16. The summed E-state index contributed by atoms with van der Waals surface area (Å²) >= 11 is 12.8. The van der Waals surface area contributed by atoms with E-state index in [9.17, 15) is 0 Å². The monoisotopic (exact) mass is 450 g/mol. The van der Waals surface area contributed by atoms with Crippen molar-refractivity contribution in [3.8, 4) is 22.4 Å². The highest BCUT2D eigenvalue weighted by Crippen LogP contribution is 2.39. The van der Waals surface area contributed by atoms with E-state index in [1.165, 1.54) is 0 Å². The summed E-state index contributed by atoms with van der Waals surface area (Å²) in [6, 6.07) is 16.5. The Hall–Kier alpha value is -2.67. The zero-order valence-electron chi connectivity index (χ0n) is 16.9. The molecular weight excluding hydrogens is 431 g/mol. The highest BCUT2D eigenvalue weighted by molar-refractivity contribution is 6.33. The van der Waals surface area contributed by atoms with Crippen LogP contribution in [0.4, 0.5) is 5.95 Å². The molecule has 31 heavy (non-hydrogen) atoms. The van der Waals surface area contributed by atoms with Gasteiger partial charge in [-0.25, -0.2) is 4.98 Å². The molecule has 0 unspecified atom stereocenters. The summed E-state index contributed by atoms with van der Waals surface area (Å²) in [5.74, 6) is 1.56. The fraction of sp³-hybridized carbons (Fsp3) is 0.261. The Kier molecular flexibility index (Phi) is 4.42. The normalized spacial score (nSPS) is 20.2. The maximum absolute atomic E-state index is 6.60. The van der Waals surface area contributed by atoms with E-state index >= 15 is 0 Å². The number of halogens is 2. The van der Waals surface area contributed by atoms with Crippen LogP contribution in [-0.4, -0.2) is 44.8 Å². The number of aryl methyl sites for hydroxylation is 1.